The molecule has 2 aromatic carbocycles. The first-order valence-electron chi connectivity index (χ1n) is 9.29. The summed E-state index contributed by atoms with van der Waals surface area (Å²) in [4.78, 5) is 0. The minimum absolute atomic E-state index is 0.490. The molecular weight excluding hydrogens is 355 g/mol. The molecule has 5 nitrogen and oxygen atoms in total. The fraction of sp³-hybridized carbons (Fsp3) is 0.273. The van der Waals surface area contributed by atoms with Gasteiger partial charge in [-0.25, -0.2) is 4.39 Å². The van der Waals surface area contributed by atoms with Crippen molar-refractivity contribution < 1.29 is 9.13 Å². The molecule has 0 radical (unpaired) electrons. The molecule has 140 valence electrons. The van der Waals surface area contributed by atoms with Gasteiger partial charge in [0, 0.05) is 34.5 Å². The second-order valence-corrected chi connectivity index (χ2v) is 7.44. The van der Waals surface area contributed by atoms with Crippen LogP contribution in [-0.2, 0) is 25.3 Å². The SMILES string of the molecule is Cn1c2ccc(OCF)cc2c2c(C3(C#N)CCc4[nH]ncc4C3)cccc21. The van der Waals surface area contributed by atoms with E-state index in [2.05, 4.69) is 33.0 Å². The number of rotatable bonds is 3. The second kappa shape index (κ2) is 6.10. The number of fused-ring (bicyclic) bond motifs is 4. The van der Waals surface area contributed by atoms with Crippen molar-refractivity contribution in [1.29, 1.82) is 5.26 Å². The monoisotopic (exact) mass is 374 g/mol. The predicted octanol–water partition coefficient (Wildman–Crippen LogP) is 4.31. The van der Waals surface area contributed by atoms with Gasteiger partial charge in [-0.1, -0.05) is 12.1 Å². The van der Waals surface area contributed by atoms with Gasteiger partial charge in [-0.3, -0.25) is 5.10 Å². The fourth-order valence-electron chi connectivity index (χ4n) is 4.64. The number of aromatic amines is 1. The highest BCUT2D eigenvalue weighted by Crippen LogP contribution is 2.43. The molecule has 1 N–H and O–H groups in total. The number of nitriles is 1. The normalized spacial score (nSPS) is 18.9. The van der Waals surface area contributed by atoms with Crippen LogP contribution in [0.1, 0.15) is 23.2 Å². The van der Waals surface area contributed by atoms with E-state index >= 15 is 0 Å². The van der Waals surface area contributed by atoms with Gasteiger partial charge in [0.05, 0.1) is 17.7 Å². The number of H-pyrrole nitrogens is 1. The lowest BCUT2D eigenvalue weighted by Gasteiger charge is -2.31. The van der Waals surface area contributed by atoms with Crippen molar-refractivity contribution in [3.05, 3.63) is 59.4 Å². The lowest BCUT2D eigenvalue weighted by molar-refractivity contribution is 0.192. The first-order valence-corrected chi connectivity index (χ1v) is 9.29. The number of aryl methyl sites for hydroxylation is 2. The standard InChI is InChI=1S/C22H19FN4O/c1-27-19-6-5-15(28-13-23)9-16(19)21-17(3-2-4-20(21)27)22(12-24)8-7-18-14(10-22)11-25-26-18/h2-6,9,11H,7-8,10,13H2,1H3,(H,25,26). The number of hydrogen-bond donors (Lipinski definition) is 1. The van der Waals surface area contributed by atoms with Crippen LogP contribution in [0.2, 0.25) is 0 Å². The second-order valence-electron chi connectivity index (χ2n) is 7.44. The number of halogens is 1. The van der Waals surface area contributed by atoms with Gasteiger partial charge in [0.1, 0.15) is 5.75 Å². The van der Waals surface area contributed by atoms with Crippen molar-refractivity contribution in [2.45, 2.75) is 24.7 Å². The zero-order chi connectivity index (χ0) is 19.3. The van der Waals surface area contributed by atoms with Gasteiger partial charge >= 0.3 is 0 Å². The van der Waals surface area contributed by atoms with Crippen molar-refractivity contribution >= 4 is 21.8 Å². The lowest BCUT2D eigenvalue weighted by Crippen LogP contribution is -2.31. The van der Waals surface area contributed by atoms with E-state index in [-0.39, 0.29) is 0 Å². The summed E-state index contributed by atoms with van der Waals surface area (Å²) in [6.45, 7) is -0.867. The summed E-state index contributed by atoms with van der Waals surface area (Å²) >= 11 is 0. The molecule has 0 saturated carbocycles. The largest absolute Gasteiger partial charge is 0.463 e. The van der Waals surface area contributed by atoms with Crippen LogP contribution in [0.3, 0.4) is 0 Å². The Morgan fingerprint density at radius 2 is 2.21 bits per heavy atom. The highest BCUT2D eigenvalue weighted by molar-refractivity contribution is 6.10. The minimum Gasteiger partial charge on any atom is -0.463 e. The molecular formula is C22H19FN4O. The average Bonchev–Trinajstić information content (AvgIpc) is 3.30. The Labute approximate surface area is 161 Å². The first kappa shape index (κ1) is 16.8. The van der Waals surface area contributed by atoms with E-state index in [4.69, 9.17) is 4.74 Å². The third-order valence-electron chi connectivity index (χ3n) is 6.05. The van der Waals surface area contributed by atoms with Crippen molar-refractivity contribution in [2.24, 2.45) is 7.05 Å². The van der Waals surface area contributed by atoms with E-state index in [9.17, 15) is 9.65 Å². The molecule has 28 heavy (non-hydrogen) atoms. The third-order valence-corrected chi connectivity index (χ3v) is 6.05. The Kier molecular flexibility index (Phi) is 3.66. The summed E-state index contributed by atoms with van der Waals surface area (Å²) in [6.07, 6.45) is 3.98. The van der Waals surface area contributed by atoms with Gasteiger partial charge in [0.15, 0.2) is 0 Å². The Balaban J connectivity index is 1.80. The highest BCUT2D eigenvalue weighted by Gasteiger charge is 2.39. The first-order chi connectivity index (χ1) is 13.7. The molecule has 1 aliphatic rings. The van der Waals surface area contributed by atoms with Crippen LogP contribution in [0.15, 0.2) is 42.6 Å². The van der Waals surface area contributed by atoms with Crippen molar-refractivity contribution in [3.63, 3.8) is 0 Å². The van der Waals surface area contributed by atoms with E-state index in [1.807, 2.05) is 31.4 Å². The number of nitrogens with zero attached hydrogens (tertiary/aromatic N) is 3. The number of benzene rings is 2. The summed E-state index contributed by atoms with van der Waals surface area (Å²) in [5, 5.41) is 19.5. The van der Waals surface area contributed by atoms with E-state index in [1.54, 1.807) is 6.07 Å². The Morgan fingerprint density at radius 1 is 1.32 bits per heavy atom. The Bertz CT molecular complexity index is 1250. The maximum absolute atomic E-state index is 12.7. The molecule has 0 spiro atoms. The number of nitrogens with one attached hydrogen (secondary N) is 1. The van der Waals surface area contributed by atoms with Crippen LogP contribution in [0.4, 0.5) is 4.39 Å². The number of hydrogen-bond acceptors (Lipinski definition) is 3. The number of aromatic nitrogens is 3. The molecule has 1 unspecified atom stereocenters. The van der Waals surface area contributed by atoms with E-state index in [0.29, 0.717) is 12.2 Å². The Morgan fingerprint density at radius 3 is 3.04 bits per heavy atom. The maximum atomic E-state index is 12.7. The molecule has 0 fully saturated rings. The summed E-state index contributed by atoms with van der Waals surface area (Å²) in [5.74, 6) is 0.490. The van der Waals surface area contributed by atoms with Gasteiger partial charge in [-0.2, -0.15) is 10.4 Å². The van der Waals surface area contributed by atoms with Gasteiger partial charge in [0.25, 0.3) is 0 Å². The molecule has 1 aliphatic carbocycles. The summed E-state index contributed by atoms with van der Waals surface area (Å²) in [6, 6.07) is 14.3. The van der Waals surface area contributed by atoms with Crippen LogP contribution in [-0.4, -0.2) is 21.6 Å². The van der Waals surface area contributed by atoms with Crippen molar-refractivity contribution in [3.8, 4) is 11.8 Å². The molecule has 4 aromatic rings. The molecule has 0 aliphatic heterocycles. The molecule has 1 atom stereocenters. The third kappa shape index (κ3) is 2.26. The van der Waals surface area contributed by atoms with Crippen LogP contribution in [0.5, 0.6) is 5.75 Å². The van der Waals surface area contributed by atoms with E-state index in [0.717, 1.165) is 51.5 Å². The summed E-state index contributed by atoms with van der Waals surface area (Å²) in [7, 11) is 2.01. The van der Waals surface area contributed by atoms with Crippen LogP contribution >= 0.6 is 0 Å². The van der Waals surface area contributed by atoms with E-state index in [1.165, 1.54) is 0 Å². The number of alkyl halides is 1. The quantitative estimate of drug-likeness (QED) is 0.581. The zero-order valence-electron chi connectivity index (χ0n) is 15.5. The Hall–Kier alpha value is -3.33. The zero-order valence-corrected chi connectivity index (χ0v) is 15.5. The lowest BCUT2D eigenvalue weighted by atomic mass is 9.69. The summed E-state index contributed by atoms with van der Waals surface area (Å²) in [5.41, 5.74) is 4.70. The van der Waals surface area contributed by atoms with Gasteiger partial charge < -0.3 is 9.30 Å². The molecule has 6 heteroatoms. The highest BCUT2D eigenvalue weighted by atomic mass is 19.1. The van der Waals surface area contributed by atoms with Crippen LogP contribution in [0, 0.1) is 11.3 Å². The smallest absolute Gasteiger partial charge is 0.228 e. The molecule has 5 rings (SSSR count). The van der Waals surface area contributed by atoms with Crippen LogP contribution < -0.4 is 4.74 Å². The number of ether oxygens (including phenoxy) is 1. The maximum Gasteiger partial charge on any atom is 0.228 e. The van der Waals surface area contributed by atoms with Gasteiger partial charge in [-0.15, -0.1) is 0 Å². The molecule has 0 bridgehead atoms. The topological polar surface area (TPSA) is 66.6 Å². The summed E-state index contributed by atoms with van der Waals surface area (Å²) < 4.78 is 19.9. The van der Waals surface area contributed by atoms with E-state index < -0.39 is 12.3 Å². The minimum atomic E-state index is -0.867. The van der Waals surface area contributed by atoms with Crippen LogP contribution in [0.25, 0.3) is 21.8 Å². The van der Waals surface area contributed by atoms with Crippen molar-refractivity contribution in [1.82, 2.24) is 14.8 Å². The predicted molar refractivity (Wildman–Crippen MR) is 105 cm³/mol. The molecule has 2 heterocycles. The van der Waals surface area contributed by atoms with Gasteiger partial charge in [-0.05, 0) is 54.7 Å². The van der Waals surface area contributed by atoms with Gasteiger partial charge in [0.2, 0.25) is 6.86 Å². The van der Waals surface area contributed by atoms with Crippen molar-refractivity contribution in [2.75, 3.05) is 6.86 Å². The fourth-order valence-corrected chi connectivity index (χ4v) is 4.64. The molecule has 2 aromatic heterocycles. The molecule has 0 saturated heterocycles. The average molecular weight is 374 g/mol. The molecule has 0 amide bonds.